The van der Waals surface area contributed by atoms with Gasteiger partial charge in [0.15, 0.2) is 5.82 Å². The van der Waals surface area contributed by atoms with E-state index < -0.39 is 0 Å². The average molecular weight is 223 g/mol. The van der Waals surface area contributed by atoms with Crippen molar-refractivity contribution in [2.24, 2.45) is 11.8 Å². The molecule has 4 heteroatoms. The molecule has 1 aromatic rings. The van der Waals surface area contributed by atoms with Gasteiger partial charge in [-0.15, -0.1) is 0 Å². The molecule has 88 valence electrons. The summed E-state index contributed by atoms with van der Waals surface area (Å²) in [5.41, 5.74) is 0. The van der Waals surface area contributed by atoms with Crippen LogP contribution in [0.4, 0.5) is 10.3 Å². The molecule has 3 nitrogen and oxygen atoms in total. The van der Waals surface area contributed by atoms with Gasteiger partial charge in [0.2, 0.25) is 5.95 Å². The van der Waals surface area contributed by atoms with Crippen molar-refractivity contribution in [2.45, 2.75) is 26.7 Å². The molecule has 1 unspecified atom stereocenters. The lowest BCUT2D eigenvalue weighted by atomic mass is 9.88. The van der Waals surface area contributed by atoms with Gasteiger partial charge in [-0.05, 0) is 24.7 Å². The van der Waals surface area contributed by atoms with E-state index in [-0.39, 0.29) is 5.82 Å². The molecule has 1 aromatic heterocycles. The normalized spacial score (nSPS) is 21.5. The Bertz CT molecular complexity index is 337. The van der Waals surface area contributed by atoms with Crippen LogP contribution in [0.2, 0.25) is 0 Å². The van der Waals surface area contributed by atoms with E-state index in [2.05, 4.69) is 28.7 Å². The van der Waals surface area contributed by atoms with Crippen LogP contribution < -0.4 is 4.90 Å². The minimum atomic E-state index is -0.374. The number of hydrogen-bond acceptors (Lipinski definition) is 3. The fraction of sp³-hybridized carbons (Fsp3) is 0.667. The lowest BCUT2D eigenvalue weighted by molar-refractivity contribution is 0.319. The predicted octanol–water partition coefficient (Wildman–Crippen LogP) is 2.49. The molecule has 1 saturated heterocycles. The zero-order chi connectivity index (χ0) is 11.5. The van der Waals surface area contributed by atoms with Crippen LogP contribution in [-0.4, -0.2) is 23.1 Å². The summed E-state index contributed by atoms with van der Waals surface area (Å²) in [5, 5.41) is 0. The minimum absolute atomic E-state index is 0.374. The molecule has 0 bridgehead atoms. The first kappa shape index (κ1) is 11.3. The highest BCUT2D eigenvalue weighted by atomic mass is 19.1. The summed E-state index contributed by atoms with van der Waals surface area (Å²) in [7, 11) is 0. The number of anilines is 1. The summed E-state index contributed by atoms with van der Waals surface area (Å²) in [5.74, 6) is 1.67. The number of aromatic nitrogens is 2. The first-order valence-corrected chi connectivity index (χ1v) is 5.89. The zero-order valence-electron chi connectivity index (χ0n) is 9.86. The van der Waals surface area contributed by atoms with Gasteiger partial charge in [-0.3, -0.25) is 0 Å². The minimum Gasteiger partial charge on any atom is -0.341 e. The van der Waals surface area contributed by atoms with Crippen LogP contribution >= 0.6 is 0 Å². The van der Waals surface area contributed by atoms with Crippen molar-refractivity contribution in [3.05, 3.63) is 18.2 Å². The SMILES string of the molecule is CC(C)C1CCCN(c2ncc(F)cn2)C1. The van der Waals surface area contributed by atoms with E-state index in [1.165, 1.54) is 25.2 Å². The summed E-state index contributed by atoms with van der Waals surface area (Å²) in [4.78, 5) is 10.2. The largest absolute Gasteiger partial charge is 0.341 e. The van der Waals surface area contributed by atoms with Crippen LogP contribution in [-0.2, 0) is 0 Å². The molecule has 16 heavy (non-hydrogen) atoms. The molecule has 1 aliphatic rings. The summed E-state index contributed by atoms with van der Waals surface area (Å²) >= 11 is 0. The molecule has 1 atom stereocenters. The van der Waals surface area contributed by atoms with Crippen molar-refractivity contribution >= 4 is 5.95 Å². The Morgan fingerprint density at radius 3 is 2.69 bits per heavy atom. The van der Waals surface area contributed by atoms with E-state index >= 15 is 0 Å². The van der Waals surface area contributed by atoms with Crippen molar-refractivity contribution in [1.29, 1.82) is 0 Å². The highest BCUT2D eigenvalue weighted by molar-refractivity contribution is 5.29. The highest BCUT2D eigenvalue weighted by Gasteiger charge is 2.23. The van der Waals surface area contributed by atoms with E-state index in [4.69, 9.17) is 0 Å². The Kier molecular flexibility index (Phi) is 3.36. The van der Waals surface area contributed by atoms with Gasteiger partial charge < -0.3 is 4.90 Å². The monoisotopic (exact) mass is 223 g/mol. The van der Waals surface area contributed by atoms with Crippen LogP contribution in [0, 0.1) is 17.7 Å². The fourth-order valence-electron chi connectivity index (χ4n) is 2.20. The van der Waals surface area contributed by atoms with Gasteiger partial charge in [0.05, 0.1) is 12.4 Å². The third-order valence-corrected chi connectivity index (χ3v) is 3.29. The maximum Gasteiger partial charge on any atom is 0.225 e. The van der Waals surface area contributed by atoms with Crippen LogP contribution in [0.15, 0.2) is 12.4 Å². The molecule has 2 heterocycles. The summed E-state index contributed by atoms with van der Waals surface area (Å²) < 4.78 is 12.7. The number of nitrogens with zero attached hydrogens (tertiary/aromatic N) is 3. The molecule has 0 radical (unpaired) electrons. The lowest BCUT2D eigenvalue weighted by Gasteiger charge is -2.34. The second-order valence-corrected chi connectivity index (χ2v) is 4.79. The molecule has 1 aliphatic heterocycles. The number of halogens is 1. The average Bonchev–Trinajstić information content (AvgIpc) is 2.30. The Morgan fingerprint density at radius 1 is 1.38 bits per heavy atom. The molecule has 0 aliphatic carbocycles. The van der Waals surface area contributed by atoms with E-state index in [0.29, 0.717) is 17.8 Å². The molecule has 1 fully saturated rings. The fourth-order valence-corrected chi connectivity index (χ4v) is 2.20. The number of hydrogen-bond donors (Lipinski definition) is 0. The quantitative estimate of drug-likeness (QED) is 0.771. The number of piperidine rings is 1. The second kappa shape index (κ2) is 4.76. The topological polar surface area (TPSA) is 29.0 Å². The van der Waals surface area contributed by atoms with Gasteiger partial charge in [-0.2, -0.15) is 0 Å². The van der Waals surface area contributed by atoms with Gasteiger partial charge in [-0.1, -0.05) is 13.8 Å². The van der Waals surface area contributed by atoms with Gasteiger partial charge in [-0.25, -0.2) is 14.4 Å². The smallest absolute Gasteiger partial charge is 0.225 e. The van der Waals surface area contributed by atoms with E-state index in [9.17, 15) is 4.39 Å². The Hall–Kier alpha value is -1.19. The molecule has 0 saturated carbocycles. The van der Waals surface area contributed by atoms with E-state index in [1.807, 2.05) is 0 Å². The Balaban J connectivity index is 2.06. The lowest BCUT2D eigenvalue weighted by Crippen LogP contribution is -2.38. The standard InChI is InChI=1S/C12H18FN3/c1-9(2)10-4-3-5-16(8-10)12-14-6-11(13)7-15-12/h6-7,9-10H,3-5,8H2,1-2H3. The maximum atomic E-state index is 12.7. The molecule has 0 spiro atoms. The predicted molar refractivity (Wildman–Crippen MR) is 61.8 cm³/mol. The number of rotatable bonds is 2. The van der Waals surface area contributed by atoms with Crippen molar-refractivity contribution in [3.63, 3.8) is 0 Å². The van der Waals surface area contributed by atoms with Gasteiger partial charge >= 0.3 is 0 Å². The summed E-state index contributed by atoms with van der Waals surface area (Å²) in [6.07, 6.45) is 4.92. The molecule has 2 rings (SSSR count). The van der Waals surface area contributed by atoms with Crippen LogP contribution in [0.25, 0.3) is 0 Å². The molecule has 0 amide bonds. The highest BCUT2D eigenvalue weighted by Crippen LogP contribution is 2.25. The molecular formula is C12H18FN3. The first-order valence-electron chi connectivity index (χ1n) is 5.89. The Labute approximate surface area is 95.7 Å². The molecular weight excluding hydrogens is 205 g/mol. The third-order valence-electron chi connectivity index (χ3n) is 3.29. The van der Waals surface area contributed by atoms with E-state index in [0.717, 1.165) is 13.1 Å². The Morgan fingerprint density at radius 2 is 2.06 bits per heavy atom. The molecule has 0 aromatic carbocycles. The van der Waals surface area contributed by atoms with Crippen molar-refractivity contribution in [3.8, 4) is 0 Å². The second-order valence-electron chi connectivity index (χ2n) is 4.79. The summed E-state index contributed by atoms with van der Waals surface area (Å²) in [6, 6.07) is 0. The van der Waals surface area contributed by atoms with Gasteiger partial charge in [0.25, 0.3) is 0 Å². The maximum absolute atomic E-state index is 12.7. The van der Waals surface area contributed by atoms with E-state index in [1.54, 1.807) is 0 Å². The van der Waals surface area contributed by atoms with Crippen molar-refractivity contribution in [2.75, 3.05) is 18.0 Å². The van der Waals surface area contributed by atoms with Gasteiger partial charge in [0, 0.05) is 13.1 Å². The molecule has 0 N–H and O–H groups in total. The third kappa shape index (κ3) is 2.49. The summed E-state index contributed by atoms with van der Waals surface area (Å²) in [6.45, 7) is 6.47. The van der Waals surface area contributed by atoms with Crippen LogP contribution in [0.1, 0.15) is 26.7 Å². The van der Waals surface area contributed by atoms with Crippen LogP contribution in [0.3, 0.4) is 0 Å². The zero-order valence-corrected chi connectivity index (χ0v) is 9.86. The van der Waals surface area contributed by atoms with Crippen LogP contribution in [0.5, 0.6) is 0 Å². The van der Waals surface area contributed by atoms with Gasteiger partial charge in [0.1, 0.15) is 0 Å². The van der Waals surface area contributed by atoms with Crippen molar-refractivity contribution < 1.29 is 4.39 Å². The first-order chi connectivity index (χ1) is 7.66. The van der Waals surface area contributed by atoms with Crippen molar-refractivity contribution in [1.82, 2.24) is 9.97 Å².